The Morgan fingerprint density at radius 1 is 1.15 bits per heavy atom. The Labute approximate surface area is 127 Å². The quantitative estimate of drug-likeness (QED) is 0.775. The van der Waals surface area contributed by atoms with Crippen LogP contribution in [0.2, 0.25) is 0 Å². The number of nitrogens with one attached hydrogen (secondary N) is 1. The van der Waals surface area contributed by atoms with Crippen molar-refractivity contribution < 1.29 is 4.74 Å². The minimum atomic E-state index is 0.202. The van der Waals surface area contributed by atoms with E-state index in [4.69, 9.17) is 4.74 Å². The van der Waals surface area contributed by atoms with Gasteiger partial charge in [0.2, 0.25) is 0 Å². The fourth-order valence-corrected chi connectivity index (χ4v) is 3.13. The molecule has 0 aromatic carbocycles. The lowest BCUT2D eigenvalue weighted by molar-refractivity contribution is -0.0496. The molecule has 0 aliphatic heterocycles. The van der Waals surface area contributed by atoms with Crippen LogP contribution < -0.4 is 5.32 Å². The van der Waals surface area contributed by atoms with E-state index in [0.717, 1.165) is 30.9 Å². The van der Waals surface area contributed by atoms with Gasteiger partial charge in [-0.1, -0.05) is 34.1 Å². The van der Waals surface area contributed by atoms with Gasteiger partial charge >= 0.3 is 0 Å². The van der Waals surface area contributed by atoms with Gasteiger partial charge in [-0.3, -0.25) is 0 Å². The summed E-state index contributed by atoms with van der Waals surface area (Å²) in [6, 6.07) is 0. The van der Waals surface area contributed by atoms with Crippen molar-refractivity contribution in [1.82, 2.24) is 5.32 Å². The van der Waals surface area contributed by atoms with Gasteiger partial charge in [0.25, 0.3) is 0 Å². The average Bonchev–Trinajstić information content (AvgIpc) is 2.32. The van der Waals surface area contributed by atoms with Gasteiger partial charge in [-0.15, -0.1) is 0 Å². The summed E-state index contributed by atoms with van der Waals surface area (Å²) in [6.45, 7) is 18.0. The van der Waals surface area contributed by atoms with Crippen molar-refractivity contribution in [2.24, 2.45) is 23.7 Å². The molecule has 120 valence electrons. The van der Waals surface area contributed by atoms with Crippen molar-refractivity contribution in [2.75, 3.05) is 13.2 Å². The first-order chi connectivity index (χ1) is 9.19. The van der Waals surface area contributed by atoms with E-state index in [9.17, 15) is 0 Å². The zero-order chi connectivity index (χ0) is 15.3. The summed E-state index contributed by atoms with van der Waals surface area (Å²) >= 11 is 0. The lowest BCUT2D eigenvalue weighted by Gasteiger charge is -2.37. The van der Waals surface area contributed by atoms with Crippen molar-refractivity contribution in [3.8, 4) is 0 Å². The first kappa shape index (κ1) is 18.0. The maximum absolute atomic E-state index is 6.31. The summed E-state index contributed by atoms with van der Waals surface area (Å²) in [6.07, 6.45) is 4.46. The predicted octanol–water partition coefficient (Wildman–Crippen LogP) is 4.49. The monoisotopic (exact) mass is 283 g/mol. The van der Waals surface area contributed by atoms with E-state index in [1.807, 2.05) is 0 Å². The van der Waals surface area contributed by atoms with Crippen LogP contribution in [-0.2, 0) is 4.74 Å². The van der Waals surface area contributed by atoms with E-state index in [0.29, 0.717) is 12.0 Å². The Balaban J connectivity index is 2.37. The molecule has 0 aromatic heterocycles. The van der Waals surface area contributed by atoms with E-state index >= 15 is 0 Å². The molecular weight excluding hydrogens is 246 g/mol. The molecule has 0 aromatic rings. The third-order valence-corrected chi connectivity index (χ3v) is 4.54. The van der Waals surface area contributed by atoms with Crippen LogP contribution in [0.15, 0.2) is 0 Å². The molecule has 1 fully saturated rings. The van der Waals surface area contributed by atoms with E-state index < -0.39 is 0 Å². The lowest BCUT2D eigenvalue weighted by atomic mass is 9.75. The maximum atomic E-state index is 6.31. The number of hydrogen-bond acceptors (Lipinski definition) is 2. The van der Waals surface area contributed by atoms with E-state index in [-0.39, 0.29) is 5.54 Å². The molecule has 0 spiro atoms. The molecule has 0 bridgehead atoms. The Hall–Kier alpha value is -0.0800. The summed E-state index contributed by atoms with van der Waals surface area (Å²) in [5, 5.41) is 3.57. The van der Waals surface area contributed by atoms with Crippen molar-refractivity contribution >= 4 is 0 Å². The maximum Gasteiger partial charge on any atom is 0.0608 e. The molecule has 0 amide bonds. The molecule has 2 nitrogen and oxygen atoms in total. The normalized spacial score (nSPS) is 29.7. The third-order valence-electron chi connectivity index (χ3n) is 4.54. The molecule has 1 N–H and O–H groups in total. The average molecular weight is 284 g/mol. The number of rotatable bonds is 6. The van der Waals surface area contributed by atoms with Gasteiger partial charge in [-0.05, 0) is 57.3 Å². The van der Waals surface area contributed by atoms with E-state index in [1.165, 1.54) is 19.3 Å². The van der Waals surface area contributed by atoms with Gasteiger partial charge in [0, 0.05) is 12.1 Å². The second-order valence-electron chi connectivity index (χ2n) is 8.43. The van der Waals surface area contributed by atoms with Gasteiger partial charge in [-0.25, -0.2) is 0 Å². The molecule has 1 saturated carbocycles. The summed E-state index contributed by atoms with van der Waals surface area (Å²) in [4.78, 5) is 0. The van der Waals surface area contributed by atoms with Crippen LogP contribution in [0.4, 0.5) is 0 Å². The fraction of sp³-hybridized carbons (Fsp3) is 1.00. The van der Waals surface area contributed by atoms with Crippen LogP contribution in [-0.4, -0.2) is 24.8 Å². The highest BCUT2D eigenvalue weighted by Gasteiger charge is 2.31. The van der Waals surface area contributed by atoms with Gasteiger partial charge < -0.3 is 10.1 Å². The lowest BCUT2D eigenvalue weighted by Crippen LogP contribution is -2.40. The Morgan fingerprint density at radius 2 is 1.80 bits per heavy atom. The summed E-state index contributed by atoms with van der Waals surface area (Å²) < 4.78 is 6.31. The highest BCUT2D eigenvalue weighted by Crippen LogP contribution is 2.35. The molecule has 4 atom stereocenters. The van der Waals surface area contributed by atoms with E-state index in [1.54, 1.807) is 0 Å². The molecule has 1 rings (SSSR count). The molecular formula is C18H37NO. The van der Waals surface area contributed by atoms with Gasteiger partial charge in [0.1, 0.15) is 0 Å². The minimum absolute atomic E-state index is 0.202. The zero-order valence-electron chi connectivity index (χ0n) is 14.8. The molecule has 0 saturated heterocycles. The topological polar surface area (TPSA) is 21.3 Å². The Bertz CT molecular complexity index is 269. The van der Waals surface area contributed by atoms with Gasteiger partial charge in [-0.2, -0.15) is 0 Å². The molecule has 1 aliphatic rings. The van der Waals surface area contributed by atoms with Crippen LogP contribution in [0.3, 0.4) is 0 Å². The van der Waals surface area contributed by atoms with Crippen molar-refractivity contribution in [1.29, 1.82) is 0 Å². The predicted molar refractivity (Wildman–Crippen MR) is 88.0 cm³/mol. The Morgan fingerprint density at radius 3 is 2.35 bits per heavy atom. The molecule has 0 radical (unpaired) electrons. The SMILES string of the molecule is CC(CNC(C)(C)C)COC1CC(C)CCC1C(C)C. The first-order valence-electron chi connectivity index (χ1n) is 8.55. The molecule has 20 heavy (non-hydrogen) atoms. The second-order valence-corrected chi connectivity index (χ2v) is 8.43. The first-order valence-corrected chi connectivity index (χ1v) is 8.55. The van der Waals surface area contributed by atoms with Crippen LogP contribution >= 0.6 is 0 Å². The van der Waals surface area contributed by atoms with Crippen LogP contribution in [0.5, 0.6) is 0 Å². The van der Waals surface area contributed by atoms with Gasteiger partial charge in [0.05, 0.1) is 12.7 Å². The van der Waals surface area contributed by atoms with Crippen LogP contribution in [0.25, 0.3) is 0 Å². The molecule has 1 aliphatic carbocycles. The minimum Gasteiger partial charge on any atom is -0.378 e. The van der Waals surface area contributed by atoms with E-state index in [2.05, 4.69) is 53.8 Å². The molecule has 0 heterocycles. The second kappa shape index (κ2) is 7.79. The van der Waals surface area contributed by atoms with Crippen LogP contribution in [0, 0.1) is 23.7 Å². The van der Waals surface area contributed by atoms with Crippen molar-refractivity contribution in [3.63, 3.8) is 0 Å². The van der Waals surface area contributed by atoms with Crippen LogP contribution in [0.1, 0.15) is 67.7 Å². The molecule has 2 heteroatoms. The smallest absolute Gasteiger partial charge is 0.0608 e. The summed E-state index contributed by atoms with van der Waals surface area (Å²) in [5.74, 6) is 2.92. The van der Waals surface area contributed by atoms with Gasteiger partial charge in [0.15, 0.2) is 0 Å². The van der Waals surface area contributed by atoms with Crippen molar-refractivity contribution in [2.45, 2.75) is 79.4 Å². The highest BCUT2D eigenvalue weighted by atomic mass is 16.5. The third kappa shape index (κ3) is 6.58. The fourth-order valence-electron chi connectivity index (χ4n) is 3.13. The number of hydrogen-bond donors (Lipinski definition) is 1. The Kier molecular flexibility index (Phi) is 7.00. The molecule has 4 unspecified atom stereocenters. The standard InChI is InChI=1S/C18H37NO/c1-13(2)16-9-8-14(3)10-17(16)20-12-15(4)11-19-18(5,6)7/h13-17,19H,8-12H2,1-7H3. The summed E-state index contributed by atoms with van der Waals surface area (Å²) in [7, 11) is 0. The number of ether oxygens (including phenoxy) is 1. The zero-order valence-corrected chi connectivity index (χ0v) is 14.8. The highest BCUT2D eigenvalue weighted by molar-refractivity contribution is 4.81. The summed E-state index contributed by atoms with van der Waals surface area (Å²) in [5.41, 5.74) is 0.202. The largest absolute Gasteiger partial charge is 0.378 e. The van der Waals surface area contributed by atoms with Crippen molar-refractivity contribution in [3.05, 3.63) is 0 Å².